The summed E-state index contributed by atoms with van der Waals surface area (Å²) in [7, 11) is 0. The zero-order chi connectivity index (χ0) is 14.2. The van der Waals surface area contributed by atoms with Gasteiger partial charge in [0.1, 0.15) is 5.82 Å². The normalized spacial score (nSPS) is 11.1. The Kier molecular flexibility index (Phi) is 4.08. The van der Waals surface area contributed by atoms with Crippen LogP contribution in [0.2, 0.25) is 0 Å². The SMILES string of the molecule is Cc1ccc(C)c(-c2nc(C(C)C)c(I)c(=O)[nH]2)c1. The van der Waals surface area contributed by atoms with E-state index in [0.29, 0.717) is 9.39 Å². The van der Waals surface area contributed by atoms with Crippen LogP contribution in [0.1, 0.15) is 36.6 Å². The Morgan fingerprint density at radius 1 is 1.26 bits per heavy atom. The van der Waals surface area contributed by atoms with Crippen LogP contribution in [0.4, 0.5) is 0 Å². The number of nitrogens with zero attached hydrogens (tertiary/aromatic N) is 1. The molecule has 0 amide bonds. The molecule has 1 heterocycles. The van der Waals surface area contributed by atoms with Gasteiger partial charge in [0.05, 0.1) is 9.26 Å². The van der Waals surface area contributed by atoms with Gasteiger partial charge in [0.2, 0.25) is 0 Å². The van der Waals surface area contributed by atoms with Gasteiger partial charge in [-0.3, -0.25) is 4.79 Å². The van der Waals surface area contributed by atoms with Gasteiger partial charge in [-0.2, -0.15) is 0 Å². The fourth-order valence-corrected chi connectivity index (χ4v) is 2.86. The van der Waals surface area contributed by atoms with E-state index in [1.54, 1.807) is 0 Å². The van der Waals surface area contributed by atoms with Crippen molar-refractivity contribution in [2.24, 2.45) is 0 Å². The summed E-state index contributed by atoms with van der Waals surface area (Å²) in [5.41, 5.74) is 4.07. The second-order valence-electron chi connectivity index (χ2n) is 5.09. The van der Waals surface area contributed by atoms with Crippen LogP contribution in [-0.4, -0.2) is 9.97 Å². The maximum absolute atomic E-state index is 12.0. The van der Waals surface area contributed by atoms with Crippen molar-refractivity contribution in [3.8, 4) is 11.4 Å². The van der Waals surface area contributed by atoms with Gasteiger partial charge >= 0.3 is 0 Å². The van der Waals surface area contributed by atoms with E-state index >= 15 is 0 Å². The monoisotopic (exact) mass is 368 g/mol. The van der Waals surface area contributed by atoms with E-state index in [-0.39, 0.29) is 11.5 Å². The number of halogens is 1. The number of hydrogen-bond donors (Lipinski definition) is 1. The summed E-state index contributed by atoms with van der Waals surface area (Å²) in [6.45, 7) is 8.17. The average molecular weight is 368 g/mol. The van der Waals surface area contributed by atoms with Crippen molar-refractivity contribution in [2.75, 3.05) is 0 Å². The van der Waals surface area contributed by atoms with Crippen molar-refractivity contribution >= 4 is 22.6 Å². The molecule has 4 heteroatoms. The van der Waals surface area contributed by atoms with Crippen molar-refractivity contribution in [3.63, 3.8) is 0 Å². The molecule has 1 aromatic heterocycles. The van der Waals surface area contributed by atoms with Crippen molar-refractivity contribution in [2.45, 2.75) is 33.6 Å². The van der Waals surface area contributed by atoms with Crippen molar-refractivity contribution in [3.05, 3.63) is 48.9 Å². The lowest BCUT2D eigenvalue weighted by atomic mass is 10.0. The van der Waals surface area contributed by atoms with Gasteiger partial charge in [0.25, 0.3) is 5.56 Å². The number of rotatable bonds is 2. The standard InChI is InChI=1S/C15H17IN2O/c1-8(2)13-12(16)15(19)18-14(17-13)11-7-9(3)5-6-10(11)4/h5-8H,1-4H3,(H,17,18,19). The van der Waals surface area contributed by atoms with E-state index in [9.17, 15) is 4.79 Å². The maximum atomic E-state index is 12.0. The number of H-pyrrole nitrogens is 1. The van der Waals surface area contributed by atoms with E-state index < -0.39 is 0 Å². The summed E-state index contributed by atoms with van der Waals surface area (Å²) in [4.78, 5) is 19.6. The zero-order valence-corrected chi connectivity index (χ0v) is 13.7. The average Bonchev–Trinajstić information content (AvgIpc) is 2.35. The Labute approximate surface area is 126 Å². The summed E-state index contributed by atoms with van der Waals surface area (Å²) in [5.74, 6) is 0.897. The molecule has 0 aliphatic carbocycles. The van der Waals surface area contributed by atoms with Crippen LogP contribution in [0.25, 0.3) is 11.4 Å². The van der Waals surface area contributed by atoms with Gasteiger partial charge in [0.15, 0.2) is 0 Å². The molecule has 0 unspecified atom stereocenters. The highest BCUT2D eigenvalue weighted by molar-refractivity contribution is 14.1. The maximum Gasteiger partial charge on any atom is 0.264 e. The molecular weight excluding hydrogens is 351 g/mol. The summed E-state index contributed by atoms with van der Waals surface area (Å²) in [6, 6.07) is 6.18. The topological polar surface area (TPSA) is 45.8 Å². The molecule has 0 fully saturated rings. The third-order valence-corrected chi connectivity index (χ3v) is 4.13. The van der Waals surface area contributed by atoms with Crippen LogP contribution in [0.5, 0.6) is 0 Å². The molecule has 0 spiro atoms. The molecule has 0 saturated carbocycles. The summed E-state index contributed by atoms with van der Waals surface area (Å²) >= 11 is 2.07. The minimum absolute atomic E-state index is 0.0600. The minimum Gasteiger partial charge on any atom is -0.306 e. The zero-order valence-electron chi connectivity index (χ0n) is 11.5. The quantitative estimate of drug-likeness (QED) is 0.820. The first-order chi connectivity index (χ1) is 8.90. The van der Waals surface area contributed by atoms with E-state index in [1.165, 1.54) is 0 Å². The lowest BCUT2D eigenvalue weighted by Crippen LogP contribution is -2.17. The first kappa shape index (κ1) is 14.2. The predicted molar refractivity (Wildman–Crippen MR) is 86.6 cm³/mol. The number of aryl methyl sites for hydroxylation is 2. The van der Waals surface area contributed by atoms with Crippen LogP contribution in [0, 0.1) is 17.4 Å². The van der Waals surface area contributed by atoms with Crippen LogP contribution in [0.15, 0.2) is 23.0 Å². The Hall–Kier alpha value is -1.17. The molecular formula is C15H17IN2O. The highest BCUT2D eigenvalue weighted by Crippen LogP contribution is 2.23. The third kappa shape index (κ3) is 2.88. The number of hydrogen-bond acceptors (Lipinski definition) is 2. The van der Waals surface area contributed by atoms with Crippen molar-refractivity contribution in [1.82, 2.24) is 9.97 Å². The summed E-state index contributed by atoms with van der Waals surface area (Å²) < 4.78 is 0.682. The molecule has 2 aromatic rings. The smallest absolute Gasteiger partial charge is 0.264 e. The first-order valence-electron chi connectivity index (χ1n) is 6.27. The summed E-state index contributed by atoms with van der Waals surface area (Å²) in [5, 5.41) is 0. The van der Waals surface area contributed by atoms with E-state index in [1.807, 2.05) is 13.8 Å². The third-order valence-electron chi connectivity index (χ3n) is 3.08. The predicted octanol–water partition coefficient (Wildman–Crippen LogP) is 3.78. The van der Waals surface area contributed by atoms with Gasteiger partial charge in [0, 0.05) is 5.56 Å². The fourth-order valence-electron chi connectivity index (χ4n) is 1.98. The van der Waals surface area contributed by atoms with Crippen LogP contribution in [0.3, 0.4) is 0 Å². The van der Waals surface area contributed by atoms with Crippen LogP contribution < -0.4 is 5.56 Å². The molecule has 19 heavy (non-hydrogen) atoms. The Morgan fingerprint density at radius 2 is 1.95 bits per heavy atom. The second-order valence-corrected chi connectivity index (χ2v) is 6.17. The summed E-state index contributed by atoms with van der Waals surface area (Å²) in [6.07, 6.45) is 0. The first-order valence-corrected chi connectivity index (χ1v) is 7.35. The molecule has 100 valence electrons. The van der Waals surface area contributed by atoms with Gasteiger partial charge in [-0.25, -0.2) is 4.98 Å². The molecule has 0 radical (unpaired) electrons. The number of nitrogens with one attached hydrogen (secondary N) is 1. The number of aromatic nitrogens is 2. The minimum atomic E-state index is -0.0600. The molecule has 0 aliphatic heterocycles. The highest BCUT2D eigenvalue weighted by atomic mass is 127. The van der Waals surface area contributed by atoms with E-state index in [0.717, 1.165) is 22.4 Å². The van der Waals surface area contributed by atoms with Gasteiger partial charge in [-0.05, 0) is 54.0 Å². The molecule has 0 saturated heterocycles. The van der Waals surface area contributed by atoms with E-state index in [2.05, 4.69) is 64.6 Å². The number of aromatic amines is 1. The molecule has 0 aliphatic rings. The largest absolute Gasteiger partial charge is 0.306 e. The molecule has 0 atom stereocenters. The Morgan fingerprint density at radius 3 is 2.58 bits per heavy atom. The lowest BCUT2D eigenvalue weighted by molar-refractivity contribution is 0.802. The second kappa shape index (κ2) is 5.45. The van der Waals surface area contributed by atoms with Gasteiger partial charge in [-0.15, -0.1) is 0 Å². The Bertz CT molecular complexity index is 674. The van der Waals surface area contributed by atoms with Crippen molar-refractivity contribution in [1.29, 1.82) is 0 Å². The van der Waals surface area contributed by atoms with Gasteiger partial charge in [-0.1, -0.05) is 31.5 Å². The molecule has 0 bridgehead atoms. The number of benzene rings is 1. The van der Waals surface area contributed by atoms with E-state index in [4.69, 9.17) is 0 Å². The van der Waals surface area contributed by atoms with Crippen molar-refractivity contribution < 1.29 is 0 Å². The highest BCUT2D eigenvalue weighted by Gasteiger charge is 2.14. The van der Waals surface area contributed by atoms with Gasteiger partial charge < -0.3 is 4.98 Å². The molecule has 1 aromatic carbocycles. The van der Waals surface area contributed by atoms with Crippen LogP contribution in [-0.2, 0) is 0 Å². The molecule has 3 nitrogen and oxygen atoms in total. The Balaban J connectivity index is 2.70. The van der Waals surface area contributed by atoms with Crippen LogP contribution >= 0.6 is 22.6 Å². The molecule has 2 rings (SSSR count). The lowest BCUT2D eigenvalue weighted by Gasteiger charge is -2.11. The molecule has 1 N–H and O–H groups in total. The fraction of sp³-hybridized carbons (Fsp3) is 0.333.